The van der Waals surface area contributed by atoms with Crippen LogP contribution in [0, 0.1) is 6.92 Å². The molecule has 1 aromatic carbocycles. The second-order valence-corrected chi connectivity index (χ2v) is 5.17. The number of hydrogen-bond donors (Lipinski definition) is 1. The van der Waals surface area contributed by atoms with Crippen molar-refractivity contribution in [1.82, 2.24) is 19.7 Å². The van der Waals surface area contributed by atoms with E-state index in [-0.39, 0.29) is 0 Å². The van der Waals surface area contributed by atoms with E-state index in [9.17, 15) is 0 Å². The quantitative estimate of drug-likeness (QED) is 0.462. The van der Waals surface area contributed by atoms with Crippen molar-refractivity contribution >= 4 is 23.1 Å². The molecule has 7 nitrogen and oxygen atoms in total. The highest BCUT2D eigenvalue weighted by atomic mass is 16.3. The standard InChI is InChI=1S/C17H14N6O/c1-12-7-8-14(24-12)9-20-22-16-15-10-21-23(17(15)19-11-18-16)13-5-3-2-4-6-13/h2-11H,1H3,(H,18,19,22)/b20-9+. The van der Waals surface area contributed by atoms with E-state index in [0.717, 1.165) is 16.8 Å². The van der Waals surface area contributed by atoms with Crippen molar-refractivity contribution in [2.45, 2.75) is 6.92 Å². The van der Waals surface area contributed by atoms with Crippen molar-refractivity contribution in [3.05, 3.63) is 66.5 Å². The van der Waals surface area contributed by atoms with Crippen molar-refractivity contribution in [2.24, 2.45) is 5.10 Å². The van der Waals surface area contributed by atoms with Gasteiger partial charge in [0.05, 0.1) is 23.5 Å². The fraction of sp³-hybridized carbons (Fsp3) is 0.0588. The number of rotatable bonds is 4. The Bertz CT molecular complexity index is 1000. The first-order valence-electron chi connectivity index (χ1n) is 7.41. The summed E-state index contributed by atoms with van der Waals surface area (Å²) in [6.45, 7) is 1.89. The number of nitrogens with one attached hydrogen (secondary N) is 1. The molecule has 24 heavy (non-hydrogen) atoms. The number of hydrazone groups is 1. The Morgan fingerprint density at radius 3 is 2.79 bits per heavy atom. The van der Waals surface area contributed by atoms with Crippen LogP contribution < -0.4 is 5.43 Å². The van der Waals surface area contributed by atoms with E-state index >= 15 is 0 Å². The van der Waals surface area contributed by atoms with Crippen molar-refractivity contribution in [3.63, 3.8) is 0 Å². The number of benzene rings is 1. The molecule has 0 aliphatic carbocycles. The van der Waals surface area contributed by atoms with Gasteiger partial charge in [0, 0.05) is 0 Å². The van der Waals surface area contributed by atoms with E-state index in [1.807, 2.05) is 49.4 Å². The summed E-state index contributed by atoms with van der Waals surface area (Å²) in [6.07, 6.45) is 4.80. The monoisotopic (exact) mass is 318 g/mol. The van der Waals surface area contributed by atoms with Crippen LogP contribution in [0.15, 0.2) is 64.5 Å². The van der Waals surface area contributed by atoms with Crippen molar-refractivity contribution in [3.8, 4) is 5.69 Å². The zero-order valence-corrected chi connectivity index (χ0v) is 12.9. The average Bonchev–Trinajstić information content (AvgIpc) is 3.22. The maximum absolute atomic E-state index is 5.43. The number of nitrogens with zero attached hydrogens (tertiary/aromatic N) is 5. The fourth-order valence-corrected chi connectivity index (χ4v) is 2.37. The van der Waals surface area contributed by atoms with Crippen molar-refractivity contribution < 1.29 is 4.42 Å². The molecule has 0 fully saturated rings. The highest BCUT2D eigenvalue weighted by Gasteiger charge is 2.10. The second kappa shape index (κ2) is 5.96. The smallest absolute Gasteiger partial charge is 0.168 e. The van der Waals surface area contributed by atoms with Gasteiger partial charge in [-0.05, 0) is 31.2 Å². The van der Waals surface area contributed by atoms with Crippen LogP contribution in [0.1, 0.15) is 11.5 Å². The van der Waals surface area contributed by atoms with Gasteiger partial charge in [-0.2, -0.15) is 10.2 Å². The number of aryl methyl sites for hydroxylation is 1. The molecule has 0 aliphatic rings. The Morgan fingerprint density at radius 2 is 2.00 bits per heavy atom. The molecule has 4 aromatic rings. The summed E-state index contributed by atoms with van der Waals surface area (Å²) in [5.41, 5.74) is 4.56. The summed E-state index contributed by atoms with van der Waals surface area (Å²) >= 11 is 0. The number of fused-ring (bicyclic) bond motifs is 1. The molecule has 4 rings (SSSR count). The van der Waals surface area contributed by atoms with Gasteiger partial charge >= 0.3 is 0 Å². The minimum Gasteiger partial charge on any atom is -0.460 e. The summed E-state index contributed by atoms with van der Waals surface area (Å²) in [7, 11) is 0. The first-order valence-corrected chi connectivity index (χ1v) is 7.41. The Kier molecular flexibility index (Phi) is 3.51. The molecule has 0 spiro atoms. The van der Waals surface area contributed by atoms with Crippen molar-refractivity contribution in [1.29, 1.82) is 0 Å². The van der Waals surface area contributed by atoms with E-state index in [1.54, 1.807) is 17.1 Å². The lowest BCUT2D eigenvalue weighted by atomic mass is 10.3. The molecule has 0 saturated heterocycles. The summed E-state index contributed by atoms with van der Waals surface area (Å²) < 4.78 is 7.20. The normalized spacial score (nSPS) is 11.4. The number of anilines is 1. The summed E-state index contributed by atoms with van der Waals surface area (Å²) in [6, 6.07) is 13.6. The Morgan fingerprint density at radius 1 is 1.12 bits per heavy atom. The molecule has 1 N–H and O–H groups in total. The maximum atomic E-state index is 5.43. The third kappa shape index (κ3) is 2.63. The van der Waals surface area contributed by atoms with E-state index in [0.29, 0.717) is 17.2 Å². The third-order valence-corrected chi connectivity index (χ3v) is 3.49. The molecule has 3 heterocycles. The first kappa shape index (κ1) is 14.1. The average molecular weight is 318 g/mol. The highest BCUT2D eigenvalue weighted by Crippen LogP contribution is 2.21. The predicted octanol–water partition coefficient (Wildman–Crippen LogP) is 3.16. The second-order valence-electron chi connectivity index (χ2n) is 5.17. The number of aromatic nitrogens is 4. The Balaban J connectivity index is 1.65. The summed E-state index contributed by atoms with van der Waals surface area (Å²) in [5.74, 6) is 2.09. The number of hydrogen-bond acceptors (Lipinski definition) is 6. The summed E-state index contributed by atoms with van der Waals surface area (Å²) in [4.78, 5) is 8.56. The molecule has 0 bridgehead atoms. The first-order chi connectivity index (χ1) is 11.8. The van der Waals surface area contributed by atoms with E-state index in [2.05, 4.69) is 25.6 Å². The SMILES string of the molecule is Cc1ccc(/C=N/Nc2ncnc3c2cnn3-c2ccccc2)o1. The lowest BCUT2D eigenvalue weighted by Crippen LogP contribution is -1.99. The van der Waals surface area contributed by atoms with Gasteiger partial charge in [-0.1, -0.05) is 18.2 Å². The number of para-hydroxylation sites is 1. The van der Waals surface area contributed by atoms with Crippen LogP contribution in [0.4, 0.5) is 5.82 Å². The van der Waals surface area contributed by atoms with Crippen LogP contribution in [0.25, 0.3) is 16.7 Å². The van der Waals surface area contributed by atoms with E-state index in [1.165, 1.54) is 6.33 Å². The molecular weight excluding hydrogens is 304 g/mol. The van der Waals surface area contributed by atoms with E-state index < -0.39 is 0 Å². The van der Waals surface area contributed by atoms with Gasteiger partial charge in [0.15, 0.2) is 11.5 Å². The molecule has 0 unspecified atom stereocenters. The minimum atomic E-state index is 0.585. The Hall–Kier alpha value is -3.48. The molecule has 0 radical (unpaired) electrons. The molecule has 7 heteroatoms. The van der Waals surface area contributed by atoms with Crippen LogP contribution in [0.2, 0.25) is 0 Å². The lowest BCUT2D eigenvalue weighted by Gasteiger charge is -2.03. The zero-order chi connectivity index (χ0) is 16.4. The van der Waals surface area contributed by atoms with Crippen LogP contribution in [-0.2, 0) is 0 Å². The molecule has 0 amide bonds. The topological polar surface area (TPSA) is 81.1 Å². The molecule has 118 valence electrons. The summed E-state index contributed by atoms with van der Waals surface area (Å²) in [5, 5.41) is 9.35. The van der Waals surface area contributed by atoms with Gasteiger partial charge in [-0.25, -0.2) is 14.6 Å². The van der Waals surface area contributed by atoms with Gasteiger partial charge in [0.25, 0.3) is 0 Å². The zero-order valence-electron chi connectivity index (χ0n) is 12.9. The van der Waals surface area contributed by atoms with Crippen LogP contribution in [0.3, 0.4) is 0 Å². The molecule has 0 atom stereocenters. The Labute approximate surface area is 137 Å². The van der Waals surface area contributed by atoms with Gasteiger partial charge in [0.2, 0.25) is 0 Å². The minimum absolute atomic E-state index is 0.585. The predicted molar refractivity (Wildman–Crippen MR) is 91.3 cm³/mol. The number of furan rings is 1. The molecular formula is C17H14N6O. The molecule has 0 saturated carbocycles. The largest absolute Gasteiger partial charge is 0.460 e. The van der Waals surface area contributed by atoms with Crippen LogP contribution in [0.5, 0.6) is 0 Å². The maximum Gasteiger partial charge on any atom is 0.168 e. The third-order valence-electron chi connectivity index (χ3n) is 3.49. The molecule has 3 aromatic heterocycles. The molecule has 0 aliphatic heterocycles. The van der Waals surface area contributed by atoms with Crippen molar-refractivity contribution in [2.75, 3.05) is 5.43 Å². The van der Waals surface area contributed by atoms with Gasteiger partial charge < -0.3 is 4.42 Å². The van der Waals surface area contributed by atoms with Crippen LogP contribution >= 0.6 is 0 Å². The van der Waals surface area contributed by atoms with Gasteiger partial charge in [-0.15, -0.1) is 0 Å². The lowest BCUT2D eigenvalue weighted by molar-refractivity contribution is 0.528. The van der Waals surface area contributed by atoms with Gasteiger partial charge in [0.1, 0.15) is 17.8 Å². The van der Waals surface area contributed by atoms with E-state index in [4.69, 9.17) is 4.42 Å². The fourth-order valence-electron chi connectivity index (χ4n) is 2.37. The van der Waals surface area contributed by atoms with Gasteiger partial charge in [-0.3, -0.25) is 5.43 Å². The highest BCUT2D eigenvalue weighted by molar-refractivity contribution is 5.87. The van der Waals surface area contributed by atoms with Crippen LogP contribution in [-0.4, -0.2) is 26.0 Å².